The highest BCUT2D eigenvalue weighted by Gasteiger charge is 2.13. The fraction of sp³-hybridized carbons (Fsp3) is 0.231. The van der Waals surface area contributed by atoms with Gasteiger partial charge in [-0.05, 0) is 47.7 Å². The zero-order chi connectivity index (χ0) is 22.1. The molecule has 0 fully saturated rings. The molecule has 3 aromatic rings. The van der Waals surface area contributed by atoms with E-state index in [0.717, 1.165) is 17.7 Å². The molecule has 0 bridgehead atoms. The van der Waals surface area contributed by atoms with Crippen molar-refractivity contribution in [3.8, 4) is 5.75 Å². The molecule has 0 saturated heterocycles. The van der Waals surface area contributed by atoms with Crippen molar-refractivity contribution >= 4 is 17.5 Å². The van der Waals surface area contributed by atoms with Gasteiger partial charge in [0.1, 0.15) is 5.75 Å². The summed E-state index contributed by atoms with van der Waals surface area (Å²) in [5.41, 5.74) is 3.36. The quantitative estimate of drug-likeness (QED) is 0.507. The lowest BCUT2D eigenvalue weighted by Gasteiger charge is -2.13. The van der Waals surface area contributed by atoms with Crippen molar-refractivity contribution in [3.63, 3.8) is 0 Å². The maximum atomic E-state index is 12.6. The molecule has 0 heterocycles. The molecule has 0 aliphatic rings. The predicted octanol–water partition coefficient (Wildman–Crippen LogP) is 5.15. The molecule has 0 unspecified atom stereocenters. The summed E-state index contributed by atoms with van der Waals surface area (Å²) in [5.74, 6) is 0.323. The number of benzene rings is 3. The minimum atomic E-state index is -0.282. The molecule has 2 amide bonds. The third kappa shape index (κ3) is 6.44. The summed E-state index contributed by atoms with van der Waals surface area (Å²) in [6.07, 6.45) is 1.07. The third-order valence-corrected chi connectivity index (χ3v) is 5.16. The Hall–Kier alpha value is -3.60. The molecule has 0 saturated carbocycles. The molecule has 0 aliphatic heterocycles. The van der Waals surface area contributed by atoms with Crippen LogP contribution in [0.5, 0.6) is 5.75 Å². The molecule has 160 valence electrons. The second-order valence-corrected chi connectivity index (χ2v) is 7.43. The molecule has 0 radical (unpaired) electrons. The van der Waals surface area contributed by atoms with Crippen molar-refractivity contribution in [2.24, 2.45) is 0 Å². The largest absolute Gasteiger partial charge is 0.483 e. The molecule has 0 spiro atoms. The summed E-state index contributed by atoms with van der Waals surface area (Å²) in [6, 6.07) is 24.4. The van der Waals surface area contributed by atoms with Crippen molar-refractivity contribution in [1.82, 2.24) is 5.32 Å². The van der Waals surface area contributed by atoms with Crippen LogP contribution in [0.15, 0.2) is 78.9 Å². The van der Waals surface area contributed by atoms with E-state index in [2.05, 4.69) is 24.5 Å². The fourth-order valence-electron chi connectivity index (χ4n) is 3.12. The first kappa shape index (κ1) is 22.1. The Balaban J connectivity index is 1.55. The lowest BCUT2D eigenvalue weighted by Crippen LogP contribution is -2.25. The highest BCUT2D eigenvalue weighted by atomic mass is 16.5. The Morgan fingerprint density at radius 3 is 2.29 bits per heavy atom. The van der Waals surface area contributed by atoms with Crippen molar-refractivity contribution in [3.05, 3.63) is 95.6 Å². The molecule has 31 heavy (non-hydrogen) atoms. The smallest absolute Gasteiger partial charge is 0.262 e. The number of rotatable bonds is 9. The molecule has 1 atom stereocenters. The van der Waals surface area contributed by atoms with E-state index in [9.17, 15) is 9.59 Å². The minimum Gasteiger partial charge on any atom is -0.483 e. The Morgan fingerprint density at radius 2 is 1.58 bits per heavy atom. The van der Waals surface area contributed by atoms with Gasteiger partial charge in [-0.2, -0.15) is 0 Å². The molecule has 0 aromatic heterocycles. The zero-order valence-corrected chi connectivity index (χ0v) is 17.9. The number of nitrogens with one attached hydrogen (secondary N) is 2. The molecule has 5 nitrogen and oxygen atoms in total. The predicted molar refractivity (Wildman–Crippen MR) is 123 cm³/mol. The van der Waals surface area contributed by atoms with Gasteiger partial charge >= 0.3 is 0 Å². The Morgan fingerprint density at radius 1 is 0.903 bits per heavy atom. The van der Waals surface area contributed by atoms with E-state index in [1.165, 1.54) is 5.56 Å². The van der Waals surface area contributed by atoms with Crippen LogP contribution in [0.3, 0.4) is 0 Å². The van der Waals surface area contributed by atoms with E-state index < -0.39 is 0 Å². The maximum absolute atomic E-state index is 12.6. The Kier molecular flexibility index (Phi) is 7.82. The molecule has 2 N–H and O–H groups in total. The fourth-order valence-corrected chi connectivity index (χ4v) is 3.12. The van der Waals surface area contributed by atoms with Crippen molar-refractivity contribution in [2.75, 3.05) is 11.9 Å². The van der Waals surface area contributed by atoms with E-state index in [4.69, 9.17) is 4.74 Å². The summed E-state index contributed by atoms with van der Waals surface area (Å²) in [4.78, 5) is 24.9. The minimum absolute atomic E-state index is 0.184. The first-order valence-corrected chi connectivity index (χ1v) is 10.5. The van der Waals surface area contributed by atoms with Gasteiger partial charge in [0.25, 0.3) is 11.8 Å². The average Bonchev–Trinajstić information content (AvgIpc) is 2.82. The SMILES string of the molecule is CC[C@@H](C)c1ccc(NC(=O)COc2ccccc2C(=O)NCc2ccccc2)cc1. The van der Waals surface area contributed by atoms with Crippen LogP contribution in [-0.4, -0.2) is 18.4 Å². The number of ether oxygens (including phenoxy) is 1. The summed E-state index contributed by atoms with van der Waals surface area (Å²) in [7, 11) is 0. The first-order valence-electron chi connectivity index (χ1n) is 10.5. The molecule has 3 aromatic carbocycles. The van der Waals surface area contributed by atoms with Crippen LogP contribution in [-0.2, 0) is 11.3 Å². The molecular weight excluding hydrogens is 388 g/mol. The van der Waals surface area contributed by atoms with Crippen LogP contribution in [0.2, 0.25) is 0 Å². The maximum Gasteiger partial charge on any atom is 0.262 e. The average molecular weight is 417 g/mol. The molecule has 3 rings (SSSR count). The van der Waals surface area contributed by atoms with Crippen molar-refractivity contribution in [2.45, 2.75) is 32.7 Å². The Labute approximate surface area is 183 Å². The summed E-state index contributed by atoms with van der Waals surface area (Å²) in [5, 5.41) is 5.71. The van der Waals surface area contributed by atoms with Crippen LogP contribution < -0.4 is 15.4 Å². The van der Waals surface area contributed by atoms with Crippen LogP contribution in [0, 0.1) is 0 Å². The van der Waals surface area contributed by atoms with E-state index in [-0.39, 0.29) is 18.4 Å². The summed E-state index contributed by atoms with van der Waals surface area (Å²) < 4.78 is 5.65. The van der Waals surface area contributed by atoms with E-state index >= 15 is 0 Å². The van der Waals surface area contributed by atoms with Crippen LogP contribution >= 0.6 is 0 Å². The highest BCUT2D eigenvalue weighted by molar-refractivity contribution is 5.97. The van der Waals surface area contributed by atoms with Gasteiger partial charge in [0.05, 0.1) is 5.56 Å². The van der Waals surface area contributed by atoms with Gasteiger partial charge in [0.15, 0.2) is 6.61 Å². The lowest BCUT2D eigenvalue weighted by atomic mass is 9.99. The van der Waals surface area contributed by atoms with E-state index in [0.29, 0.717) is 23.8 Å². The third-order valence-electron chi connectivity index (χ3n) is 5.16. The summed E-state index contributed by atoms with van der Waals surface area (Å²) in [6.45, 7) is 4.56. The van der Waals surface area contributed by atoms with Crippen molar-refractivity contribution in [1.29, 1.82) is 0 Å². The van der Waals surface area contributed by atoms with Crippen LogP contribution in [0.4, 0.5) is 5.69 Å². The number of carbonyl (C=O) groups is 2. The molecular formula is C26H28N2O3. The van der Waals surface area contributed by atoms with Crippen LogP contribution in [0.25, 0.3) is 0 Å². The highest BCUT2D eigenvalue weighted by Crippen LogP contribution is 2.21. The number of amides is 2. The monoisotopic (exact) mass is 416 g/mol. The van der Waals surface area contributed by atoms with Gasteiger partial charge in [-0.3, -0.25) is 9.59 Å². The number of anilines is 1. The van der Waals surface area contributed by atoms with E-state index in [1.807, 2.05) is 54.6 Å². The van der Waals surface area contributed by atoms with Gasteiger partial charge in [-0.15, -0.1) is 0 Å². The topological polar surface area (TPSA) is 67.4 Å². The van der Waals surface area contributed by atoms with Crippen LogP contribution in [0.1, 0.15) is 47.7 Å². The zero-order valence-electron chi connectivity index (χ0n) is 17.9. The van der Waals surface area contributed by atoms with Gasteiger partial charge in [0, 0.05) is 12.2 Å². The first-order chi connectivity index (χ1) is 15.1. The number of para-hydroxylation sites is 1. The molecule has 5 heteroatoms. The number of hydrogen-bond donors (Lipinski definition) is 2. The second kappa shape index (κ2) is 11.0. The van der Waals surface area contributed by atoms with Crippen molar-refractivity contribution < 1.29 is 14.3 Å². The van der Waals surface area contributed by atoms with Gasteiger partial charge < -0.3 is 15.4 Å². The Bertz CT molecular complexity index is 1000. The van der Waals surface area contributed by atoms with Gasteiger partial charge in [-0.25, -0.2) is 0 Å². The summed E-state index contributed by atoms with van der Waals surface area (Å²) >= 11 is 0. The lowest BCUT2D eigenvalue weighted by molar-refractivity contribution is -0.118. The number of hydrogen-bond acceptors (Lipinski definition) is 3. The molecule has 0 aliphatic carbocycles. The van der Waals surface area contributed by atoms with E-state index in [1.54, 1.807) is 24.3 Å². The second-order valence-electron chi connectivity index (χ2n) is 7.43. The standard InChI is InChI=1S/C26H28N2O3/c1-3-19(2)21-13-15-22(16-14-21)28-25(29)18-31-24-12-8-7-11-23(24)26(30)27-17-20-9-5-4-6-10-20/h4-16,19H,3,17-18H2,1-2H3,(H,27,30)(H,28,29)/t19-/m1/s1. The number of carbonyl (C=O) groups excluding carboxylic acids is 2. The van der Waals surface area contributed by atoms with Gasteiger partial charge in [0.2, 0.25) is 0 Å². The van der Waals surface area contributed by atoms with Gasteiger partial charge in [-0.1, -0.05) is 68.4 Å². The normalized spacial score (nSPS) is 11.4.